The predicted molar refractivity (Wildman–Crippen MR) is 63.9 cm³/mol. The fourth-order valence-electron chi connectivity index (χ4n) is 2.36. The summed E-state index contributed by atoms with van der Waals surface area (Å²) >= 11 is 0. The molecule has 0 amide bonds. The molecule has 1 aliphatic heterocycles. The number of ketones is 1. The lowest BCUT2D eigenvalue weighted by Gasteiger charge is -2.05. The lowest BCUT2D eigenvalue weighted by molar-refractivity contribution is 0.103. The van der Waals surface area contributed by atoms with E-state index in [2.05, 4.69) is 0 Å². The van der Waals surface area contributed by atoms with Crippen molar-refractivity contribution in [3.63, 3.8) is 0 Å². The van der Waals surface area contributed by atoms with Crippen molar-refractivity contribution in [3.8, 4) is 0 Å². The Hall–Kier alpha value is -1.87. The Balaban J connectivity index is 2.01. The molecule has 0 radical (unpaired) electrons. The maximum absolute atomic E-state index is 12.3. The predicted octanol–water partition coefficient (Wildman–Crippen LogP) is 2.16. The molecule has 2 heterocycles. The summed E-state index contributed by atoms with van der Waals surface area (Å²) in [5.74, 6) is 0.0194. The second-order valence-corrected chi connectivity index (χ2v) is 4.29. The molecule has 0 unspecified atom stereocenters. The number of hydrogen-bond acceptors (Lipinski definition) is 2. The van der Waals surface area contributed by atoms with E-state index in [0.29, 0.717) is 17.7 Å². The number of aromatic nitrogens is 1. The van der Waals surface area contributed by atoms with Crippen LogP contribution >= 0.6 is 0 Å². The van der Waals surface area contributed by atoms with Crippen LogP contribution in [0, 0.1) is 0 Å². The molecular weight excluding hydrogens is 214 g/mol. The van der Waals surface area contributed by atoms with Gasteiger partial charge in [0.25, 0.3) is 0 Å². The minimum atomic E-state index is -0.424. The molecule has 3 heteroatoms. The zero-order chi connectivity index (χ0) is 11.8. The van der Waals surface area contributed by atoms with Gasteiger partial charge in [0.2, 0.25) is 5.78 Å². The van der Waals surface area contributed by atoms with E-state index in [9.17, 15) is 9.90 Å². The fraction of sp³-hybridized carbons (Fsp3) is 0.214. The Morgan fingerprint density at radius 2 is 1.94 bits per heavy atom. The third-order valence-corrected chi connectivity index (χ3v) is 3.25. The number of benzene rings is 1. The molecule has 0 saturated carbocycles. The summed E-state index contributed by atoms with van der Waals surface area (Å²) in [6.45, 7) is 0.720. The van der Waals surface area contributed by atoms with E-state index < -0.39 is 6.10 Å². The average Bonchev–Trinajstić information content (AvgIpc) is 2.93. The van der Waals surface area contributed by atoms with Crippen LogP contribution in [0.25, 0.3) is 0 Å². The zero-order valence-electron chi connectivity index (χ0n) is 9.34. The Labute approximate surface area is 99.3 Å². The number of fused-ring (bicyclic) bond motifs is 1. The minimum absolute atomic E-state index is 0.0194. The molecule has 0 bridgehead atoms. The SMILES string of the molecule is O=C(c1ccccc1)c1ccc2n1CC[C@@H]2O. The molecule has 3 rings (SSSR count). The number of carbonyl (C=O) groups is 1. The summed E-state index contributed by atoms with van der Waals surface area (Å²) in [7, 11) is 0. The third kappa shape index (κ3) is 1.59. The summed E-state index contributed by atoms with van der Waals surface area (Å²) in [4.78, 5) is 12.3. The van der Waals surface area contributed by atoms with E-state index in [4.69, 9.17) is 0 Å². The van der Waals surface area contributed by atoms with E-state index in [-0.39, 0.29) is 5.78 Å². The van der Waals surface area contributed by atoms with Gasteiger partial charge in [-0.15, -0.1) is 0 Å². The van der Waals surface area contributed by atoms with Gasteiger partial charge in [0.1, 0.15) is 0 Å². The maximum Gasteiger partial charge on any atom is 0.209 e. The smallest absolute Gasteiger partial charge is 0.209 e. The molecule has 0 aliphatic carbocycles. The van der Waals surface area contributed by atoms with Crippen LogP contribution in [0.2, 0.25) is 0 Å². The van der Waals surface area contributed by atoms with Gasteiger partial charge < -0.3 is 9.67 Å². The second-order valence-electron chi connectivity index (χ2n) is 4.29. The summed E-state index contributed by atoms with van der Waals surface area (Å²) in [5.41, 5.74) is 2.21. The Morgan fingerprint density at radius 3 is 2.71 bits per heavy atom. The van der Waals surface area contributed by atoms with E-state index in [0.717, 1.165) is 12.2 Å². The molecule has 2 aromatic rings. The minimum Gasteiger partial charge on any atom is -0.387 e. The summed E-state index contributed by atoms with van der Waals surface area (Å²) in [6, 6.07) is 12.9. The maximum atomic E-state index is 12.3. The fourth-order valence-corrected chi connectivity index (χ4v) is 2.36. The van der Waals surface area contributed by atoms with Crippen molar-refractivity contribution in [1.29, 1.82) is 0 Å². The van der Waals surface area contributed by atoms with Gasteiger partial charge in [-0.1, -0.05) is 30.3 Å². The van der Waals surface area contributed by atoms with Gasteiger partial charge in [0.15, 0.2) is 0 Å². The first-order valence-electron chi connectivity index (χ1n) is 5.74. The standard InChI is InChI=1S/C14H13NO2/c16-13-8-9-15-11(13)6-7-12(15)14(17)10-4-2-1-3-5-10/h1-7,13,16H,8-9H2/t13-/m0/s1. The zero-order valence-corrected chi connectivity index (χ0v) is 9.34. The molecule has 3 nitrogen and oxygen atoms in total. The largest absolute Gasteiger partial charge is 0.387 e. The number of hydrogen-bond donors (Lipinski definition) is 1. The molecule has 1 aromatic carbocycles. The van der Waals surface area contributed by atoms with Gasteiger partial charge in [0.05, 0.1) is 11.8 Å². The number of aliphatic hydroxyl groups is 1. The Kier molecular flexibility index (Phi) is 2.34. The highest BCUT2D eigenvalue weighted by Crippen LogP contribution is 2.28. The lowest BCUT2D eigenvalue weighted by Crippen LogP contribution is -2.08. The molecule has 0 saturated heterocycles. The summed E-state index contributed by atoms with van der Waals surface area (Å²) < 4.78 is 1.92. The number of rotatable bonds is 2. The van der Waals surface area contributed by atoms with Gasteiger partial charge in [0, 0.05) is 17.8 Å². The van der Waals surface area contributed by atoms with Gasteiger partial charge >= 0.3 is 0 Å². The first-order valence-corrected chi connectivity index (χ1v) is 5.74. The number of carbonyl (C=O) groups excluding carboxylic acids is 1. The lowest BCUT2D eigenvalue weighted by atomic mass is 10.1. The highest BCUT2D eigenvalue weighted by Gasteiger charge is 2.25. The Morgan fingerprint density at radius 1 is 1.18 bits per heavy atom. The van der Waals surface area contributed by atoms with E-state index in [1.807, 2.05) is 41.0 Å². The van der Waals surface area contributed by atoms with Crippen molar-refractivity contribution in [2.24, 2.45) is 0 Å². The first kappa shape index (κ1) is 10.3. The quantitative estimate of drug-likeness (QED) is 0.799. The first-order chi connectivity index (χ1) is 8.27. The monoisotopic (exact) mass is 227 g/mol. The van der Waals surface area contributed by atoms with Crippen molar-refractivity contribution in [2.75, 3.05) is 0 Å². The number of aliphatic hydroxyl groups excluding tert-OH is 1. The van der Waals surface area contributed by atoms with E-state index in [1.165, 1.54) is 0 Å². The Bertz CT molecular complexity index is 557. The van der Waals surface area contributed by atoms with Crippen LogP contribution in [0.3, 0.4) is 0 Å². The molecular formula is C14H13NO2. The molecule has 1 atom stereocenters. The van der Waals surface area contributed by atoms with Crippen molar-refractivity contribution >= 4 is 5.78 Å². The highest BCUT2D eigenvalue weighted by molar-refractivity contribution is 6.08. The molecule has 0 fully saturated rings. The van der Waals surface area contributed by atoms with Crippen molar-refractivity contribution in [2.45, 2.75) is 19.1 Å². The molecule has 17 heavy (non-hydrogen) atoms. The van der Waals surface area contributed by atoms with Crippen LogP contribution in [0.4, 0.5) is 0 Å². The molecule has 86 valence electrons. The van der Waals surface area contributed by atoms with Crippen LogP contribution in [-0.2, 0) is 6.54 Å². The van der Waals surface area contributed by atoms with Crippen LogP contribution in [0.15, 0.2) is 42.5 Å². The van der Waals surface area contributed by atoms with Gasteiger partial charge in [-0.3, -0.25) is 4.79 Å². The third-order valence-electron chi connectivity index (χ3n) is 3.25. The summed E-state index contributed by atoms with van der Waals surface area (Å²) in [5, 5.41) is 9.71. The van der Waals surface area contributed by atoms with Crippen molar-refractivity contribution < 1.29 is 9.90 Å². The molecule has 1 aliphatic rings. The van der Waals surface area contributed by atoms with Crippen LogP contribution in [0.5, 0.6) is 0 Å². The molecule has 0 spiro atoms. The van der Waals surface area contributed by atoms with Crippen molar-refractivity contribution in [3.05, 3.63) is 59.4 Å². The van der Waals surface area contributed by atoms with E-state index >= 15 is 0 Å². The van der Waals surface area contributed by atoms with Gasteiger partial charge in [-0.2, -0.15) is 0 Å². The topological polar surface area (TPSA) is 42.2 Å². The van der Waals surface area contributed by atoms with Crippen LogP contribution < -0.4 is 0 Å². The van der Waals surface area contributed by atoms with Gasteiger partial charge in [-0.05, 0) is 18.6 Å². The molecule has 1 N–H and O–H groups in total. The van der Waals surface area contributed by atoms with Crippen LogP contribution in [0.1, 0.15) is 34.3 Å². The highest BCUT2D eigenvalue weighted by atomic mass is 16.3. The van der Waals surface area contributed by atoms with Crippen molar-refractivity contribution in [1.82, 2.24) is 4.57 Å². The molecule has 1 aromatic heterocycles. The summed E-state index contributed by atoms with van der Waals surface area (Å²) in [6.07, 6.45) is 0.276. The van der Waals surface area contributed by atoms with Gasteiger partial charge in [-0.25, -0.2) is 0 Å². The van der Waals surface area contributed by atoms with Crippen LogP contribution in [-0.4, -0.2) is 15.5 Å². The van der Waals surface area contributed by atoms with E-state index in [1.54, 1.807) is 6.07 Å². The number of nitrogens with zero attached hydrogens (tertiary/aromatic N) is 1. The second kappa shape index (κ2) is 3.86. The normalized spacial score (nSPS) is 18.1. The average molecular weight is 227 g/mol.